The Morgan fingerprint density at radius 1 is 1.39 bits per heavy atom. The fourth-order valence-electron chi connectivity index (χ4n) is 1.43. The summed E-state index contributed by atoms with van der Waals surface area (Å²) in [6, 6.07) is 5.35. The average molecular weight is 264 g/mol. The second kappa shape index (κ2) is 4.84. The van der Waals surface area contributed by atoms with Gasteiger partial charge in [-0.3, -0.25) is 10.1 Å². The molecule has 1 aromatic heterocycles. The van der Waals surface area contributed by atoms with E-state index in [0.29, 0.717) is 5.69 Å². The maximum atomic E-state index is 11.0. The van der Waals surface area contributed by atoms with Gasteiger partial charge in [0.2, 0.25) is 0 Å². The Morgan fingerprint density at radius 2 is 2.17 bits per heavy atom. The van der Waals surface area contributed by atoms with Gasteiger partial charge in [0.1, 0.15) is 0 Å². The Bertz CT molecular complexity index is 595. The van der Waals surface area contributed by atoms with Gasteiger partial charge >= 0.3 is 5.97 Å². The number of hydrogen-bond acceptors (Lipinski definition) is 5. The number of nitro groups is 1. The SMILES string of the molecule is O=C(O)c1ccc([N+](=O)[O-])cc1Nc1ccsc1. The second-order valence-electron chi connectivity index (χ2n) is 3.43. The van der Waals surface area contributed by atoms with Crippen LogP contribution in [0.2, 0.25) is 0 Å². The van der Waals surface area contributed by atoms with E-state index < -0.39 is 10.9 Å². The molecule has 0 unspecified atom stereocenters. The number of nitro benzene ring substituents is 1. The lowest BCUT2D eigenvalue weighted by atomic mass is 10.1. The van der Waals surface area contributed by atoms with Crippen molar-refractivity contribution in [2.75, 3.05) is 5.32 Å². The van der Waals surface area contributed by atoms with Crippen molar-refractivity contribution in [2.45, 2.75) is 0 Å². The van der Waals surface area contributed by atoms with Gasteiger partial charge in [0.25, 0.3) is 5.69 Å². The molecule has 6 nitrogen and oxygen atoms in total. The first-order chi connectivity index (χ1) is 8.58. The third kappa shape index (κ3) is 2.46. The van der Waals surface area contributed by atoms with E-state index >= 15 is 0 Å². The number of non-ortho nitro benzene ring substituents is 1. The van der Waals surface area contributed by atoms with Gasteiger partial charge in [-0.1, -0.05) is 0 Å². The Morgan fingerprint density at radius 3 is 2.72 bits per heavy atom. The van der Waals surface area contributed by atoms with Crippen LogP contribution in [0.1, 0.15) is 10.4 Å². The van der Waals surface area contributed by atoms with Crippen LogP contribution in [0.25, 0.3) is 0 Å². The molecule has 0 radical (unpaired) electrons. The Labute approximate surface area is 106 Å². The highest BCUT2D eigenvalue weighted by atomic mass is 32.1. The molecule has 18 heavy (non-hydrogen) atoms. The number of hydrogen-bond donors (Lipinski definition) is 2. The van der Waals surface area contributed by atoms with E-state index in [0.717, 1.165) is 0 Å². The first-order valence-corrected chi connectivity index (χ1v) is 5.83. The minimum Gasteiger partial charge on any atom is -0.478 e. The number of carboxylic acid groups (broad SMARTS) is 1. The molecule has 0 aliphatic rings. The van der Waals surface area contributed by atoms with Gasteiger partial charge in [-0.2, -0.15) is 11.3 Å². The summed E-state index contributed by atoms with van der Waals surface area (Å²) in [6.45, 7) is 0. The summed E-state index contributed by atoms with van der Waals surface area (Å²) in [5.41, 5.74) is 0.739. The first-order valence-electron chi connectivity index (χ1n) is 4.89. The number of thiophene rings is 1. The normalized spacial score (nSPS) is 10.0. The number of carboxylic acids is 1. The number of rotatable bonds is 4. The number of carbonyl (C=O) groups is 1. The standard InChI is InChI=1S/C11H8N2O4S/c14-11(15)9-2-1-8(13(16)17)5-10(9)12-7-3-4-18-6-7/h1-6,12H,(H,14,15). The molecule has 2 N–H and O–H groups in total. The van der Waals surface area contributed by atoms with Crippen molar-refractivity contribution >= 4 is 34.4 Å². The van der Waals surface area contributed by atoms with Gasteiger partial charge in [-0.25, -0.2) is 4.79 Å². The van der Waals surface area contributed by atoms with Crippen LogP contribution in [-0.4, -0.2) is 16.0 Å². The lowest BCUT2D eigenvalue weighted by molar-refractivity contribution is -0.384. The molecule has 0 saturated carbocycles. The number of nitrogens with zero attached hydrogens (tertiary/aromatic N) is 1. The van der Waals surface area contributed by atoms with Gasteiger partial charge in [-0.05, 0) is 17.5 Å². The lowest BCUT2D eigenvalue weighted by Gasteiger charge is -2.07. The van der Waals surface area contributed by atoms with Gasteiger partial charge in [-0.15, -0.1) is 0 Å². The molecule has 1 heterocycles. The largest absolute Gasteiger partial charge is 0.478 e. The summed E-state index contributed by atoms with van der Waals surface area (Å²) < 4.78 is 0. The van der Waals surface area contributed by atoms with Crippen LogP contribution in [-0.2, 0) is 0 Å². The molecule has 7 heteroatoms. The third-order valence-electron chi connectivity index (χ3n) is 2.24. The molecule has 2 aromatic rings. The summed E-state index contributed by atoms with van der Waals surface area (Å²) in [5.74, 6) is -1.14. The highest BCUT2D eigenvalue weighted by Gasteiger charge is 2.15. The van der Waals surface area contributed by atoms with Crippen molar-refractivity contribution < 1.29 is 14.8 Å². The van der Waals surface area contributed by atoms with Crippen molar-refractivity contribution in [3.05, 3.63) is 50.7 Å². The van der Waals surface area contributed by atoms with Crippen LogP contribution in [0.5, 0.6) is 0 Å². The van der Waals surface area contributed by atoms with Crippen LogP contribution < -0.4 is 5.32 Å². The predicted octanol–water partition coefficient (Wildman–Crippen LogP) is 3.10. The quantitative estimate of drug-likeness (QED) is 0.653. The van der Waals surface area contributed by atoms with Crippen molar-refractivity contribution in [3.8, 4) is 0 Å². The fraction of sp³-hybridized carbons (Fsp3) is 0. The Hall–Kier alpha value is -2.41. The van der Waals surface area contributed by atoms with E-state index in [9.17, 15) is 14.9 Å². The minimum absolute atomic E-state index is 0.00759. The van der Waals surface area contributed by atoms with Crippen molar-refractivity contribution in [3.63, 3.8) is 0 Å². The topological polar surface area (TPSA) is 92.5 Å². The molecular formula is C11H8N2O4S. The van der Waals surface area contributed by atoms with E-state index in [-0.39, 0.29) is 16.9 Å². The maximum Gasteiger partial charge on any atom is 0.337 e. The molecule has 0 amide bonds. The van der Waals surface area contributed by atoms with Crippen LogP contribution in [0.15, 0.2) is 35.0 Å². The van der Waals surface area contributed by atoms with Crippen molar-refractivity contribution in [1.82, 2.24) is 0 Å². The van der Waals surface area contributed by atoms with E-state index in [1.807, 2.05) is 5.38 Å². The monoisotopic (exact) mass is 264 g/mol. The molecule has 1 aromatic carbocycles. The second-order valence-corrected chi connectivity index (χ2v) is 4.21. The molecule has 2 rings (SSSR count). The highest BCUT2D eigenvalue weighted by molar-refractivity contribution is 7.08. The third-order valence-corrected chi connectivity index (χ3v) is 2.93. The van der Waals surface area contributed by atoms with E-state index in [4.69, 9.17) is 5.11 Å². The summed E-state index contributed by atoms with van der Waals surface area (Å²) in [4.78, 5) is 21.1. The van der Waals surface area contributed by atoms with Gasteiger partial charge < -0.3 is 10.4 Å². The molecule has 0 aliphatic heterocycles. The highest BCUT2D eigenvalue weighted by Crippen LogP contribution is 2.26. The molecular weight excluding hydrogens is 256 g/mol. The van der Waals surface area contributed by atoms with E-state index in [1.54, 1.807) is 11.4 Å². The lowest BCUT2D eigenvalue weighted by Crippen LogP contribution is -2.03. The number of anilines is 2. The fourth-order valence-corrected chi connectivity index (χ4v) is 2.01. The molecule has 0 saturated heterocycles. The van der Waals surface area contributed by atoms with Crippen molar-refractivity contribution in [2.24, 2.45) is 0 Å². The molecule has 0 spiro atoms. The molecule has 92 valence electrons. The van der Waals surface area contributed by atoms with E-state index in [1.165, 1.54) is 29.5 Å². The first kappa shape index (κ1) is 12.1. The van der Waals surface area contributed by atoms with Crippen LogP contribution in [0, 0.1) is 10.1 Å². The van der Waals surface area contributed by atoms with E-state index in [2.05, 4.69) is 5.32 Å². The summed E-state index contributed by atoms with van der Waals surface area (Å²) in [7, 11) is 0. The maximum absolute atomic E-state index is 11.0. The smallest absolute Gasteiger partial charge is 0.337 e. The van der Waals surface area contributed by atoms with Crippen LogP contribution in [0.4, 0.5) is 17.1 Å². The van der Waals surface area contributed by atoms with Gasteiger partial charge in [0.15, 0.2) is 0 Å². The Kier molecular flexibility index (Phi) is 3.24. The number of nitrogens with one attached hydrogen (secondary N) is 1. The molecule has 0 atom stereocenters. The van der Waals surface area contributed by atoms with Crippen LogP contribution >= 0.6 is 11.3 Å². The zero-order chi connectivity index (χ0) is 13.1. The molecule has 0 aliphatic carbocycles. The number of aromatic carboxylic acids is 1. The van der Waals surface area contributed by atoms with Crippen molar-refractivity contribution in [1.29, 1.82) is 0 Å². The summed E-state index contributed by atoms with van der Waals surface area (Å²) in [5, 5.41) is 26.1. The predicted molar refractivity (Wildman–Crippen MR) is 67.7 cm³/mol. The zero-order valence-corrected chi connectivity index (χ0v) is 9.81. The minimum atomic E-state index is -1.14. The number of benzene rings is 1. The Balaban J connectivity index is 2.43. The molecule has 0 fully saturated rings. The zero-order valence-electron chi connectivity index (χ0n) is 8.99. The van der Waals surface area contributed by atoms with Gasteiger partial charge in [0, 0.05) is 23.2 Å². The summed E-state index contributed by atoms with van der Waals surface area (Å²) >= 11 is 1.44. The van der Waals surface area contributed by atoms with Crippen LogP contribution in [0.3, 0.4) is 0 Å². The molecule has 0 bridgehead atoms. The summed E-state index contributed by atoms with van der Waals surface area (Å²) in [6.07, 6.45) is 0. The van der Waals surface area contributed by atoms with Gasteiger partial charge in [0.05, 0.1) is 16.2 Å². The average Bonchev–Trinajstić information content (AvgIpc) is 2.81.